The van der Waals surface area contributed by atoms with Gasteiger partial charge in [-0.15, -0.1) is 5.06 Å². The molecule has 0 spiro atoms. The summed E-state index contributed by atoms with van der Waals surface area (Å²) in [5.74, 6) is -0.0818. The van der Waals surface area contributed by atoms with Gasteiger partial charge in [0.15, 0.2) is 0 Å². The lowest BCUT2D eigenvalue weighted by Gasteiger charge is -2.22. The Kier molecular flexibility index (Phi) is 15.9. The van der Waals surface area contributed by atoms with Crippen LogP contribution in [0.4, 0.5) is 0 Å². The molecule has 6 nitrogen and oxygen atoms in total. The second-order valence-electron chi connectivity index (χ2n) is 7.22. The number of nitrogens with one attached hydrogen (secondary N) is 3. The highest BCUT2D eigenvalue weighted by molar-refractivity contribution is 5.68. The zero-order valence-corrected chi connectivity index (χ0v) is 17.0. The third-order valence-electron chi connectivity index (χ3n) is 4.75. The van der Waals surface area contributed by atoms with Crippen LogP contribution in [-0.4, -0.2) is 63.4 Å². The number of hydrogen-bond acceptors (Lipinski definition) is 6. The quantitative estimate of drug-likeness (QED) is 0.486. The van der Waals surface area contributed by atoms with Gasteiger partial charge in [-0.25, -0.2) is 0 Å². The normalized spacial score (nSPS) is 18.0. The monoisotopic (exact) mass is 370 g/mol. The van der Waals surface area contributed by atoms with E-state index in [4.69, 9.17) is 4.84 Å². The van der Waals surface area contributed by atoms with E-state index in [1.807, 2.05) is 5.06 Å². The molecular weight excluding hydrogens is 328 g/mol. The summed E-state index contributed by atoms with van der Waals surface area (Å²) in [6.07, 6.45) is 11.9. The first-order valence-electron chi connectivity index (χ1n) is 10.9. The summed E-state index contributed by atoms with van der Waals surface area (Å²) in [7, 11) is 0. The molecule has 0 aromatic rings. The summed E-state index contributed by atoms with van der Waals surface area (Å²) in [4.78, 5) is 17.6. The number of hydroxylamine groups is 2. The van der Waals surface area contributed by atoms with E-state index in [0.29, 0.717) is 6.42 Å². The maximum Gasteiger partial charge on any atom is 0.325 e. The van der Waals surface area contributed by atoms with Crippen LogP contribution in [0.1, 0.15) is 71.1 Å². The first-order chi connectivity index (χ1) is 12.8. The maximum absolute atomic E-state index is 12.1. The van der Waals surface area contributed by atoms with E-state index in [9.17, 15) is 4.79 Å². The molecule has 3 N–H and O–H groups in total. The standard InChI is InChI=1S/C20H42N4O2/c1-2-3-4-5-6-7-8-9-10-11-20(25)26-24-18-16-22-14-12-21-13-15-23-17-19-24/h21-23H,2-19H2,1H3. The molecule has 1 aliphatic rings. The van der Waals surface area contributed by atoms with Gasteiger partial charge in [-0.3, -0.25) is 4.79 Å². The molecule has 1 rings (SSSR count). The molecule has 0 atom stereocenters. The summed E-state index contributed by atoms with van der Waals surface area (Å²) < 4.78 is 0. The minimum Gasteiger partial charge on any atom is -0.368 e. The van der Waals surface area contributed by atoms with Gasteiger partial charge >= 0.3 is 5.97 Å². The van der Waals surface area contributed by atoms with Crippen LogP contribution in [0.25, 0.3) is 0 Å². The second-order valence-corrected chi connectivity index (χ2v) is 7.22. The Morgan fingerprint density at radius 3 is 1.73 bits per heavy atom. The highest BCUT2D eigenvalue weighted by atomic mass is 16.7. The van der Waals surface area contributed by atoms with Crippen molar-refractivity contribution in [3.05, 3.63) is 0 Å². The predicted molar refractivity (Wildman–Crippen MR) is 108 cm³/mol. The highest BCUT2D eigenvalue weighted by Gasteiger charge is 2.11. The van der Waals surface area contributed by atoms with E-state index in [2.05, 4.69) is 22.9 Å². The van der Waals surface area contributed by atoms with Crippen LogP contribution in [-0.2, 0) is 9.63 Å². The van der Waals surface area contributed by atoms with Crippen LogP contribution in [0.15, 0.2) is 0 Å². The van der Waals surface area contributed by atoms with Gasteiger partial charge in [-0.05, 0) is 6.42 Å². The summed E-state index contributed by atoms with van der Waals surface area (Å²) in [6.45, 7) is 9.25. The van der Waals surface area contributed by atoms with E-state index in [-0.39, 0.29) is 5.97 Å². The van der Waals surface area contributed by atoms with Gasteiger partial charge in [0.25, 0.3) is 0 Å². The largest absolute Gasteiger partial charge is 0.368 e. The van der Waals surface area contributed by atoms with Crippen molar-refractivity contribution in [1.29, 1.82) is 0 Å². The molecule has 26 heavy (non-hydrogen) atoms. The predicted octanol–water partition coefficient (Wildman–Crippen LogP) is 2.45. The van der Waals surface area contributed by atoms with E-state index in [1.54, 1.807) is 0 Å². The molecule has 1 fully saturated rings. The van der Waals surface area contributed by atoms with Gasteiger partial charge < -0.3 is 20.8 Å². The molecule has 1 heterocycles. The van der Waals surface area contributed by atoms with Crippen LogP contribution >= 0.6 is 0 Å². The Labute approximate surface area is 160 Å². The van der Waals surface area contributed by atoms with Gasteiger partial charge in [-0.1, -0.05) is 58.3 Å². The zero-order chi connectivity index (χ0) is 18.7. The van der Waals surface area contributed by atoms with E-state index >= 15 is 0 Å². The fourth-order valence-corrected chi connectivity index (χ4v) is 3.11. The Balaban J connectivity index is 2.05. The Morgan fingerprint density at radius 1 is 0.731 bits per heavy atom. The number of rotatable bonds is 11. The lowest BCUT2D eigenvalue weighted by molar-refractivity contribution is -0.190. The fourth-order valence-electron chi connectivity index (χ4n) is 3.11. The SMILES string of the molecule is CCCCCCCCCCCC(=O)ON1CCNCCNCCNCC1. The third kappa shape index (κ3) is 14.5. The molecule has 154 valence electrons. The van der Waals surface area contributed by atoms with Crippen molar-refractivity contribution in [3.8, 4) is 0 Å². The first kappa shape index (κ1) is 23.3. The number of hydrogen-bond donors (Lipinski definition) is 3. The molecule has 0 radical (unpaired) electrons. The molecular formula is C20H42N4O2. The molecule has 0 bridgehead atoms. The molecule has 6 heteroatoms. The van der Waals surface area contributed by atoms with Gasteiger partial charge in [0.1, 0.15) is 0 Å². The second kappa shape index (κ2) is 17.7. The van der Waals surface area contributed by atoms with E-state index in [0.717, 1.165) is 65.2 Å². The van der Waals surface area contributed by atoms with Gasteiger partial charge in [-0.2, -0.15) is 0 Å². The van der Waals surface area contributed by atoms with Gasteiger partial charge in [0.05, 0.1) is 0 Å². The lowest BCUT2D eigenvalue weighted by atomic mass is 10.1. The van der Waals surface area contributed by atoms with Crippen molar-refractivity contribution in [3.63, 3.8) is 0 Å². The highest BCUT2D eigenvalue weighted by Crippen LogP contribution is 2.11. The molecule has 0 aromatic carbocycles. The minimum atomic E-state index is -0.0818. The third-order valence-corrected chi connectivity index (χ3v) is 4.75. The average Bonchev–Trinajstić information content (AvgIpc) is 2.62. The van der Waals surface area contributed by atoms with Crippen LogP contribution in [0.2, 0.25) is 0 Å². The Morgan fingerprint density at radius 2 is 1.19 bits per heavy atom. The van der Waals surface area contributed by atoms with Crippen molar-refractivity contribution >= 4 is 5.97 Å². The maximum atomic E-state index is 12.1. The van der Waals surface area contributed by atoms with Gasteiger partial charge in [0.2, 0.25) is 0 Å². The fraction of sp³-hybridized carbons (Fsp3) is 0.950. The average molecular weight is 371 g/mol. The van der Waals surface area contributed by atoms with E-state index < -0.39 is 0 Å². The molecule has 0 unspecified atom stereocenters. The van der Waals surface area contributed by atoms with Crippen molar-refractivity contribution < 1.29 is 9.63 Å². The Bertz CT molecular complexity index is 317. The van der Waals surface area contributed by atoms with Crippen molar-refractivity contribution in [1.82, 2.24) is 21.0 Å². The number of carbonyl (C=O) groups is 1. The smallest absolute Gasteiger partial charge is 0.325 e. The van der Waals surface area contributed by atoms with Crippen LogP contribution in [0, 0.1) is 0 Å². The number of unbranched alkanes of at least 4 members (excludes halogenated alkanes) is 8. The topological polar surface area (TPSA) is 65.6 Å². The molecule has 0 aromatic heterocycles. The zero-order valence-electron chi connectivity index (χ0n) is 17.0. The summed E-state index contributed by atoms with van der Waals surface area (Å²) in [5.41, 5.74) is 0. The van der Waals surface area contributed by atoms with Gasteiger partial charge in [0, 0.05) is 58.8 Å². The van der Waals surface area contributed by atoms with Crippen molar-refractivity contribution in [2.45, 2.75) is 71.1 Å². The Hall–Kier alpha value is -0.690. The molecule has 0 amide bonds. The molecule has 0 aliphatic carbocycles. The number of carbonyl (C=O) groups excluding carboxylic acids is 1. The van der Waals surface area contributed by atoms with E-state index in [1.165, 1.54) is 44.9 Å². The van der Waals surface area contributed by atoms with Crippen molar-refractivity contribution in [2.75, 3.05) is 52.4 Å². The molecule has 0 saturated carbocycles. The van der Waals surface area contributed by atoms with Crippen LogP contribution < -0.4 is 16.0 Å². The summed E-state index contributed by atoms with van der Waals surface area (Å²) in [6, 6.07) is 0. The minimum absolute atomic E-state index is 0.0818. The number of nitrogens with zero attached hydrogens (tertiary/aromatic N) is 1. The molecule has 1 aliphatic heterocycles. The molecule has 1 saturated heterocycles. The van der Waals surface area contributed by atoms with Crippen LogP contribution in [0.5, 0.6) is 0 Å². The first-order valence-corrected chi connectivity index (χ1v) is 10.9. The van der Waals surface area contributed by atoms with Crippen molar-refractivity contribution in [2.24, 2.45) is 0 Å². The van der Waals surface area contributed by atoms with Crippen LogP contribution in [0.3, 0.4) is 0 Å². The lowest BCUT2D eigenvalue weighted by Crippen LogP contribution is -2.42. The summed E-state index contributed by atoms with van der Waals surface area (Å²) >= 11 is 0. The summed E-state index contributed by atoms with van der Waals surface area (Å²) in [5, 5.41) is 11.9.